The van der Waals surface area contributed by atoms with E-state index in [-0.39, 0.29) is 16.2 Å². The molecule has 1 heteroatoms. The zero-order valence-electron chi connectivity index (χ0n) is 11.4. The summed E-state index contributed by atoms with van der Waals surface area (Å²) in [6.07, 6.45) is 0. The van der Waals surface area contributed by atoms with E-state index in [0.29, 0.717) is 0 Å². The minimum Gasteiger partial charge on any atom is -0.243 e. The number of halogens is 1. The largest absolute Gasteiger partial charge is 0.243 e. The second-order valence-electron chi connectivity index (χ2n) is 7.13. The topological polar surface area (TPSA) is 0 Å². The zero-order valence-corrected chi connectivity index (χ0v) is 11.4. The van der Waals surface area contributed by atoms with Crippen LogP contribution in [0.1, 0.15) is 62.3 Å². The highest BCUT2D eigenvalue weighted by molar-refractivity contribution is 5.03. The van der Waals surface area contributed by atoms with Gasteiger partial charge in [0.05, 0.1) is 0 Å². The zero-order chi connectivity index (χ0) is 12.0. The van der Waals surface area contributed by atoms with E-state index in [1.807, 2.05) is 34.6 Å². The van der Waals surface area contributed by atoms with Gasteiger partial charge in [0, 0.05) is 5.41 Å². The molecule has 0 N–H and O–H groups in total. The van der Waals surface area contributed by atoms with Crippen molar-refractivity contribution in [1.82, 2.24) is 0 Å². The Bertz CT molecular complexity index is 174. The minimum absolute atomic E-state index is 0.0379. The van der Waals surface area contributed by atoms with Gasteiger partial charge in [-0.1, -0.05) is 55.4 Å². The molecule has 0 bridgehead atoms. The van der Waals surface area contributed by atoms with Crippen LogP contribution in [0.3, 0.4) is 0 Å². The third kappa shape index (κ3) is 1.97. The van der Waals surface area contributed by atoms with E-state index in [0.717, 1.165) is 0 Å². The van der Waals surface area contributed by atoms with E-state index < -0.39 is 5.67 Å². The van der Waals surface area contributed by atoms with Gasteiger partial charge in [0.2, 0.25) is 0 Å². The summed E-state index contributed by atoms with van der Waals surface area (Å²) in [5, 5.41) is 0. The van der Waals surface area contributed by atoms with Crippen molar-refractivity contribution in [3.63, 3.8) is 0 Å². The van der Waals surface area contributed by atoms with Gasteiger partial charge in [0.25, 0.3) is 0 Å². The molecule has 86 valence electrons. The van der Waals surface area contributed by atoms with E-state index in [1.54, 1.807) is 6.92 Å². The second kappa shape index (κ2) is 3.21. The first-order valence-electron chi connectivity index (χ1n) is 5.44. The molecule has 1 unspecified atom stereocenters. The fraction of sp³-hybridized carbons (Fsp3) is 1.00. The Morgan fingerprint density at radius 3 is 0.929 bits per heavy atom. The van der Waals surface area contributed by atoms with Crippen molar-refractivity contribution >= 4 is 0 Å². The van der Waals surface area contributed by atoms with E-state index in [1.165, 1.54) is 0 Å². The summed E-state index contributed by atoms with van der Waals surface area (Å²) in [6, 6.07) is 0. The van der Waals surface area contributed by atoms with Crippen LogP contribution in [0.15, 0.2) is 0 Å². The lowest BCUT2D eigenvalue weighted by atomic mass is 9.54. The molecule has 0 saturated heterocycles. The molecule has 0 aromatic heterocycles. The van der Waals surface area contributed by atoms with Gasteiger partial charge >= 0.3 is 0 Å². The normalized spacial score (nSPS) is 19.3. The van der Waals surface area contributed by atoms with Crippen molar-refractivity contribution in [1.29, 1.82) is 0 Å². The molecular weight excluding hydrogens is 175 g/mol. The molecular formula is C13H27F. The first-order chi connectivity index (χ1) is 5.75. The highest BCUT2D eigenvalue weighted by Crippen LogP contribution is 2.55. The van der Waals surface area contributed by atoms with Crippen molar-refractivity contribution in [3.8, 4) is 0 Å². The number of hydrogen-bond acceptors (Lipinski definition) is 0. The molecule has 0 nitrogen and oxygen atoms in total. The molecule has 0 fully saturated rings. The Morgan fingerprint density at radius 1 is 0.571 bits per heavy atom. The SMILES string of the molecule is CC(C)(C)C(C)(C)C(C)(F)C(C)(C)C. The van der Waals surface area contributed by atoms with Crippen LogP contribution in [0.25, 0.3) is 0 Å². The van der Waals surface area contributed by atoms with Crippen LogP contribution in [0.4, 0.5) is 4.39 Å². The van der Waals surface area contributed by atoms with Gasteiger partial charge < -0.3 is 0 Å². The standard InChI is InChI=1S/C13H27F/c1-10(2,3)12(7,8)13(9,14)11(4,5)6/h1-9H3. The summed E-state index contributed by atoms with van der Waals surface area (Å²) < 4.78 is 14.9. The monoisotopic (exact) mass is 202 g/mol. The summed E-state index contributed by atoms with van der Waals surface area (Å²) in [5.74, 6) is 0. The lowest BCUT2D eigenvalue weighted by molar-refractivity contribution is -0.114. The van der Waals surface area contributed by atoms with Gasteiger partial charge in [-0.25, -0.2) is 4.39 Å². The van der Waals surface area contributed by atoms with Gasteiger partial charge in [-0.2, -0.15) is 0 Å². The summed E-state index contributed by atoms with van der Waals surface area (Å²) in [7, 11) is 0. The van der Waals surface area contributed by atoms with Crippen LogP contribution < -0.4 is 0 Å². The molecule has 0 aromatic carbocycles. The Balaban J connectivity index is 5.30. The molecule has 0 aliphatic rings. The third-order valence-electron chi connectivity index (χ3n) is 4.46. The Kier molecular flexibility index (Phi) is 3.20. The number of rotatable bonds is 1. The van der Waals surface area contributed by atoms with Crippen LogP contribution in [0.2, 0.25) is 0 Å². The molecule has 1 atom stereocenters. The second-order valence-corrected chi connectivity index (χ2v) is 7.13. The van der Waals surface area contributed by atoms with Crippen LogP contribution >= 0.6 is 0 Å². The predicted molar refractivity (Wildman–Crippen MR) is 62.2 cm³/mol. The van der Waals surface area contributed by atoms with Crippen molar-refractivity contribution in [2.75, 3.05) is 0 Å². The lowest BCUT2D eigenvalue weighted by Crippen LogP contribution is -2.54. The smallest absolute Gasteiger partial charge is 0.118 e. The molecule has 0 radical (unpaired) electrons. The maximum atomic E-state index is 14.9. The maximum Gasteiger partial charge on any atom is 0.118 e. The van der Waals surface area contributed by atoms with Crippen LogP contribution in [-0.4, -0.2) is 5.67 Å². The average Bonchev–Trinajstić information content (AvgIpc) is 1.81. The molecule has 0 amide bonds. The quantitative estimate of drug-likeness (QED) is 0.571. The summed E-state index contributed by atoms with van der Waals surface area (Å²) >= 11 is 0. The van der Waals surface area contributed by atoms with Gasteiger partial charge in [-0.15, -0.1) is 0 Å². The molecule has 0 aliphatic carbocycles. The van der Waals surface area contributed by atoms with Crippen LogP contribution in [0, 0.1) is 16.2 Å². The number of hydrogen-bond donors (Lipinski definition) is 0. The first-order valence-corrected chi connectivity index (χ1v) is 5.44. The number of alkyl halides is 1. The molecule has 0 aliphatic heterocycles. The van der Waals surface area contributed by atoms with E-state index >= 15 is 0 Å². The van der Waals surface area contributed by atoms with Gasteiger partial charge in [0.15, 0.2) is 0 Å². The Labute approximate surface area is 89.3 Å². The first kappa shape index (κ1) is 13.9. The average molecular weight is 202 g/mol. The van der Waals surface area contributed by atoms with Crippen molar-refractivity contribution in [2.45, 2.75) is 68.0 Å². The van der Waals surface area contributed by atoms with E-state index in [4.69, 9.17) is 0 Å². The van der Waals surface area contributed by atoms with E-state index in [2.05, 4.69) is 20.8 Å². The molecule has 0 aromatic rings. The summed E-state index contributed by atoms with van der Waals surface area (Å²) in [5.41, 5.74) is -1.90. The Morgan fingerprint density at radius 2 is 0.857 bits per heavy atom. The molecule has 0 rings (SSSR count). The van der Waals surface area contributed by atoms with Crippen molar-refractivity contribution in [3.05, 3.63) is 0 Å². The van der Waals surface area contributed by atoms with Gasteiger partial charge in [-0.05, 0) is 17.8 Å². The minimum atomic E-state index is -1.18. The fourth-order valence-corrected chi connectivity index (χ4v) is 1.64. The summed E-state index contributed by atoms with van der Waals surface area (Å²) in [4.78, 5) is 0. The highest BCUT2D eigenvalue weighted by Gasteiger charge is 2.54. The van der Waals surface area contributed by atoms with Crippen molar-refractivity contribution in [2.24, 2.45) is 16.2 Å². The van der Waals surface area contributed by atoms with Crippen molar-refractivity contribution < 1.29 is 4.39 Å². The fourth-order valence-electron chi connectivity index (χ4n) is 1.64. The maximum absolute atomic E-state index is 14.9. The molecule has 0 spiro atoms. The van der Waals surface area contributed by atoms with Gasteiger partial charge in [-0.3, -0.25) is 0 Å². The highest BCUT2D eigenvalue weighted by atomic mass is 19.1. The Hall–Kier alpha value is -0.0700. The van der Waals surface area contributed by atoms with Crippen LogP contribution in [0.5, 0.6) is 0 Å². The molecule has 14 heavy (non-hydrogen) atoms. The van der Waals surface area contributed by atoms with Crippen LogP contribution in [-0.2, 0) is 0 Å². The molecule has 0 saturated carbocycles. The van der Waals surface area contributed by atoms with E-state index in [9.17, 15) is 4.39 Å². The third-order valence-corrected chi connectivity index (χ3v) is 4.46. The summed E-state index contributed by atoms with van der Waals surface area (Å²) in [6.45, 7) is 18.0. The van der Waals surface area contributed by atoms with Gasteiger partial charge in [0.1, 0.15) is 5.67 Å². The lowest BCUT2D eigenvalue weighted by Gasteiger charge is -2.53. The predicted octanol–water partition coefficient (Wildman–Crippen LogP) is 4.83. The molecule has 0 heterocycles.